The fraction of sp³-hybridized carbons (Fsp3) is 0.346. The fourth-order valence-electron chi connectivity index (χ4n) is 4.33. The standard InChI is InChI=1S/C26H31N5O3S/c1-16(2)35(32,33)21-11-9-18(10-12-21)23-15-28-17(3)24(29-23)26-31-30-25(34-26)20-7-4-6-19(14-20)22-8-5-13-27-22/h4,6-7,9-12,14-16,22,25,27,30,32-33H,5,8,13H2,1-3H3. The van der Waals surface area contributed by atoms with Crippen LogP contribution in [0.5, 0.6) is 0 Å². The van der Waals surface area contributed by atoms with Gasteiger partial charge in [-0.2, -0.15) is 10.6 Å². The van der Waals surface area contributed by atoms with E-state index in [4.69, 9.17) is 9.72 Å². The Morgan fingerprint density at radius 1 is 1.09 bits per heavy atom. The minimum absolute atomic E-state index is 0.257. The maximum atomic E-state index is 10.4. The van der Waals surface area contributed by atoms with Crippen LogP contribution < -0.4 is 10.7 Å². The van der Waals surface area contributed by atoms with Crippen LogP contribution in [0.4, 0.5) is 0 Å². The molecule has 1 fully saturated rings. The van der Waals surface area contributed by atoms with Crippen molar-refractivity contribution in [3.05, 3.63) is 77.2 Å². The van der Waals surface area contributed by atoms with E-state index in [1.54, 1.807) is 32.2 Å². The first-order chi connectivity index (χ1) is 16.8. The molecule has 0 spiro atoms. The SMILES string of the molecule is Cc1ncc(-c2ccc(S(O)(O)C(C)C)cc2)nc1C1=NNC(c2cccc(C3CCCN3)c2)O1. The summed E-state index contributed by atoms with van der Waals surface area (Å²) < 4.78 is 27.0. The van der Waals surface area contributed by atoms with Gasteiger partial charge in [0.1, 0.15) is 5.69 Å². The Bertz CT molecular complexity index is 1240. The van der Waals surface area contributed by atoms with Gasteiger partial charge in [0.05, 0.1) is 22.5 Å². The summed E-state index contributed by atoms with van der Waals surface area (Å²) in [7, 11) is -2.83. The molecule has 35 heavy (non-hydrogen) atoms. The van der Waals surface area contributed by atoms with Crippen LogP contribution in [-0.2, 0) is 4.74 Å². The molecule has 2 atom stereocenters. The van der Waals surface area contributed by atoms with Crippen LogP contribution in [0.3, 0.4) is 0 Å². The second-order valence-corrected chi connectivity index (χ2v) is 11.8. The highest BCUT2D eigenvalue weighted by molar-refractivity contribution is 8.24. The van der Waals surface area contributed by atoms with Crippen LogP contribution in [0.25, 0.3) is 11.3 Å². The highest BCUT2D eigenvalue weighted by Gasteiger charge is 2.27. The molecule has 5 rings (SSSR count). The minimum atomic E-state index is -2.83. The van der Waals surface area contributed by atoms with Gasteiger partial charge in [-0.25, -0.2) is 4.98 Å². The Hall–Kier alpha value is -2.98. The number of aromatic nitrogens is 2. The van der Waals surface area contributed by atoms with Crippen molar-refractivity contribution in [3.8, 4) is 11.3 Å². The molecule has 4 N–H and O–H groups in total. The molecular formula is C26H31N5O3S. The smallest absolute Gasteiger partial charge is 0.261 e. The van der Waals surface area contributed by atoms with Gasteiger partial charge < -0.3 is 10.1 Å². The van der Waals surface area contributed by atoms with Gasteiger partial charge in [-0.15, -0.1) is 5.10 Å². The topological polar surface area (TPSA) is 112 Å². The normalized spacial score (nSPS) is 20.5. The van der Waals surface area contributed by atoms with E-state index < -0.39 is 16.8 Å². The van der Waals surface area contributed by atoms with E-state index >= 15 is 0 Å². The highest BCUT2D eigenvalue weighted by Crippen LogP contribution is 2.52. The predicted molar refractivity (Wildman–Crippen MR) is 138 cm³/mol. The quantitative estimate of drug-likeness (QED) is 0.365. The second-order valence-electron chi connectivity index (χ2n) is 9.22. The van der Waals surface area contributed by atoms with Crippen LogP contribution in [0.1, 0.15) is 61.5 Å². The molecule has 0 amide bonds. The van der Waals surface area contributed by atoms with Crippen molar-refractivity contribution >= 4 is 16.5 Å². The van der Waals surface area contributed by atoms with Gasteiger partial charge in [-0.05, 0) is 63.9 Å². The predicted octanol–water partition coefficient (Wildman–Crippen LogP) is 5.37. The minimum Gasteiger partial charge on any atom is -0.445 e. The summed E-state index contributed by atoms with van der Waals surface area (Å²) in [4.78, 5) is 9.80. The number of hydrogen-bond acceptors (Lipinski definition) is 8. The maximum Gasteiger partial charge on any atom is 0.261 e. The summed E-state index contributed by atoms with van der Waals surface area (Å²) in [5.74, 6) is 0.400. The first-order valence-corrected chi connectivity index (χ1v) is 13.5. The second kappa shape index (κ2) is 9.58. The third kappa shape index (κ3) is 4.77. The Balaban J connectivity index is 1.35. The van der Waals surface area contributed by atoms with Gasteiger partial charge >= 0.3 is 0 Å². The lowest BCUT2D eigenvalue weighted by Gasteiger charge is -2.36. The molecule has 2 aliphatic heterocycles. The van der Waals surface area contributed by atoms with Gasteiger partial charge in [0.2, 0.25) is 6.23 Å². The lowest BCUT2D eigenvalue weighted by Crippen LogP contribution is -2.16. The molecular weight excluding hydrogens is 462 g/mol. The van der Waals surface area contributed by atoms with E-state index in [9.17, 15) is 9.11 Å². The summed E-state index contributed by atoms with van der Waals surface area (Å²) in [5.41, 5.74) is 8.11. The van der Waals surface area contributed by atoms with Crippen LogP contribution in [0.2, 0.25) is 0 Å². The van der Waals surface area contributed by atoms with Crippen LogP contribution >= 0.6 is 10.6 Å². The van der Waals surface area contributed by atoms with Gasteiger partial charge in [-0.3, -0.25) is 19.5 Å². The zero-order valence-corrected chi connectivity index (χ0v) is 20.9. The molecule has 0 saturated carbocycles. The number of ether oxygens (including phenoxy) is 1. The molecule has 184 valence electrons. The number of nitrogens with one attached hydrogen (secondary N) is 2. The van der Waals surface area contributed by atoms with Crippen molar-refractivity contribution in [2.75, 3.05) is 6.54 Å². The number of rotatable bonds is 6. The van der Waals surface area contributed by atoms with Crippen molar-refractivity contribution < 1.29 is 13.8 Å². The van der Waals surface area contributed by atoms with Crippen LogP contribution in [-0.4, -0.2) is 36.8 Å². The molecule has 0 bridgehead atoms. The van der Waals surface area contributed by atoms with Crippen molar-refractivity contribution in [3.63, 3.8) is 0 Å². The summed E-state index contributed by atoms with van der Waals surface area (Å²) in [6.07, 6.45) is 3.64. The van der Waals surface area contributed by atoms with E-state index in [-0.39, 0.29) is 5.25 Å². The van der Waals surface area contributed by atoms with Crippen LogP contribution in [0, 0.1) is 6.92 Å². The first kappa shape index (κ1) is 23.7. The van der Waals surface area contributed by atoms with Crippen molar-refractivity contribution in [2.45, 2.75) is 56.0 Å². The van der Waals surface area contributed by atoms with Gasteiger partial charge in [-0.1, -0.05) is 30.3 Å². The molecule has 9 heteroatoms. The van der Waals surface area contributed by atoms with Gasteiger partial charge in [0, 0.05) is 22.4 Å². The van der Waals surface area contributed by atoms with E-state index in [1.807, 2.05) is 25.1 Å². The van der Waals surface area contributed by atoms with Crippen molar-refractivity contribution in [1.29, 1.82) is 0 Å². The van der Waals surface area contributed by atoms with E-state index in [1.165, 1.54) is 12.0 Å². The van der Waals surface area contributed by atoms with Gasteiger partial charge in [0.25, 0.3) is 5.90 Å². The number of hydrazone groups is 1. The molecule has 8 nitrogen and oxygen atoms in total. The summed E-state index contributed by atoms with van der Waals surface area (Å²) in [6, 6.07) is 15.9. The van der Waals surface area contributed by atoms with Crippen molar-refractivity contribution in [1.82, 2.24) is 20.7 Å². The number of hydrogen-bond donors (Lipinski definition) is 4. The molecule has 3 heterocycles. The lowest BCUT2D eigenvalue weighted by molar-refractivity contribution is 0.191. The number of benzene rings is 2. The monoisotopic (exact) mass is 493 g/mol. The molecule has 3 aromatic rings. The Morgan fingerprint density at radius 3 is 2.57 bits per heavy atom. The number of nitrogens with zero attached hydrogens (tertiary/aromatic N) is 3. The lowest BCUT2D eigenvalue weighted by atomic mass is 10.0. The zero-order chi connectivity index (χ0) is 24.6. The summed E-state index contributed by atoms with van der Waals surface area (Å²) >= 11 is 0. The fourth-order valence-corrected chi connectivity index (χ4v) is 5.41. The Morgan fingerprint density at radius 2 is 1.86 bits per heavy atom. The highest BCUT2D eigenvalue weighted by atomic mass is 32.3. The zero-order valence-electron chi connectivity index (χ0n) is 20.1. The Kier molecular flexibility index (Phi) is 6.50. The van der Waals surface area contributed by atoms with Crippen LogP contribution in [0.15, 0.2) is 64.7 Å². The molecule has 2 unspecified atom stereocenters. The number of aryl methyl sites for hydroxylation is 1. The van der Waals surface area contributed by atoms with E-state index in [0.717, 1.165) is 24.1 Å². The molecule has 1 aromatic heterocycles. The summed E-state index contributed by atoms with van der Waals surface area (Å²) in [5, 5.41) is 7.70. The average molecular weight is 494 g/mol. The van der Waals surface area contributed by atoms with E-state index in [0.29, 0.717) is 33.9 Å². The molecule has 2 aromatic carbocycles. The molecule has 2 aliphatic rings. The first-order valence-electron chi connectivity index (χ1n) is 11.9. The summed E-state index contributed by atoms with van der Waals surface area (Å²) in [6.45, 7) is 6.52. The third-order valence-corrected chi connectivity index (χ3v) is 8.78. The molecule has 0 aliphatic carbocycles. The molecule has 0 radical (unpaired) electrons. The van der Waals surface area contributed by atoms with Gasteiger partial charge in [0.15, 0.2) is 0 Å². The third-order valence-electron chi connectivity index (χ3n) is 6.50. The average Bonchev–Trinajstić information content (AvgIpc) is 3.57. The Labute approximate surface area is 207 Å². The largest absolute Gasteiger partial charge is 0.445 e. The van der Waals surface area contributed by atoms with E-state index in [2.05, 4.69) is 39.0 Å². The molecule has 1 saturated heterocycles. The maximum absolute atomic E-state index is 10.4. The van der Waals surface area contributed by atoms with Crippen molar-refractivity contribution in [2.24, 2.45) is 5.10 Å².